The summed E-state index contributed by atoms with van der Waals surface area (Å²) in [6.07, 6.45) is -7.19. The molecule has 0 saturated carbocycles. The van der Waals surface area contributed by atoms with Crippen molar-refractivity contribution in [2.75, 3.05) is 6.26 Å². The minimum absolute atomic E-state index is 0.0387. The van der Waals surface area contributed by atoms with Crippen LogP contribution in [0.25, 0.3) is 16.9 Å². The predicted octanol–water partition coefficient (Wildman–Crippen LogP) is 5.23. The van der Waals surface area contributed by atoms with Crippen LogP contribution in [0.4, 0.5) is 26.3 Å². The lowest BCUT2D eigenvalue weighted by Crippen LogP contribution is -2.17. The molecule has 31 heavy (non-hydrogen) atoms. The number of sulfone groups is 1. The highest BCUT2D eigenvalue weighted by Crippen LogP contribution is 2.34. The molecular formula is C19H14F6N2O3S. The van der Waals surface area contributed by atoms with Gasteiger partial charge in [-0.05, 0) is 36.8 Å². The van der Waals surface area contributed by atoms with E-state index in [1.54, 1.807) is 0 Å². The first kappa shape index (κ1) is 22.7. The molecule has 0 unspecified atom stereocenters. The summed E-state index contributed by atoms with van der Waals surface area (Å²) in [6.45, 7) is 1.37. The number of nitrogens with zero attached hydrogens (tertiary/aromatic N) is 2. The lowest BCUT2D eigenvalue weighted by molar-refractivity contribution is -0.274. The number of aromatic nitrogens is 2. The number of hydrogen-bond donors (Lipinski definition) is 0. The molecule has 12 heteroatoms. The maximum atomic E-state index is 14.3. The Morgan fingerprint density at radius 3 is 2.29 bits per heavy atom. The van der Waals surface area contributed by atoms with Crippen LogP contribution in [0, 0.1) is 12.7 Å². The Labute approximate surface area is 172 Å². The molecule has 0 aliphatic heterocycles. The highest BCUT2D eigenvalue weighted by molar-refractivity contribution is 7.90. The molecule has 0 saturated heterocycles. The molecule has 0 spiro atoms. The number of ether oxygens (including phenoxy) is 1. The van der Waals surface area contributed by atoms with Gasteiger partial charge in [0.25, 0.3) is 6.43 Å². The molecule has 0 atom stereocenters. The maximum absolute atomic E-state index is 14.3. The van der Waals surface area contributed by atoms with Gasteiger partial charge in [-0.3, -0.25) is 0 Å². The second-order valence-corrected chi connectivity index (χ2v) is 8.57. The fourth-order valence-electron chi connectivity index (χ4n) is 2.82. The molecule has 2 aromatic carbocycles. The Bertz CT molecular complexity index is 1240. The molecule has 5 nitrogen and oxygen atoms in total. The van der Waals surface area contributed by atoms with Crippen LogP contribution in [0.2, 0.25) is 0 Å². The van der Waals surface area contributed by atoms with Crippen LogP contribution in [-0.2, 0) is 9.84 Å². The number of hydrogen-bond acceptors (Lipinski definition) is 4. The van der Waals surface area contributed by atoms with E-state index in [1.807, 2.05) is 0 Å². The van der Waals surface area contributed by atoms with Crippen LogP contribution in [0.1, 0.15) is 17.7 Å². The Morgan fingerprint density at radius 2 is 1.74 bits per heavy atom. The van der Waals surface area contributed by atoms with Gasteiger partial charge in [-0.15, -0.1) is 13.2 Å². The number of aryl methyl sites for hydroxylation is 1. The average molecular weight is 464 g/mol. The molecule has 3 rings (SSSR count). The number of benzene rings is 2. The topological polar surface area (TPSA) is 61.2 Å². The van der Waals surface area contributed by atoms with Crippen molar-refractivity contribution in [3.05, 3.63) is 59.5 Å². The van der Waals surface area contributed by atoms with E-state index in [4.69, 9.17) is 0 Å². The van der Waals surface area contributed by atoms with Gasteiger partial charge in [0.2, 0.25) is 0 Å². The van der Waals surface area contributed by atoms with Gasteiger partial charge < -0.3 is 4.74 Å². The number of alkyl halides is 5. The van der Waals surface area contributed by atoms with Crippen LogP contribution >= 0.6 is 0 Å². The Balaban J connectivity index is 2.18. The van der Waals surface area contributed by atoms with Crippen LogP contribution in [-0.4, -0.2) is 30.8 Å². The lowest BCUT2D eigenvalue weighted by Gasteiger charge is -2.14. The van der Waals surface area contributed by atoms with Gasteiger partial charge in [-0.2, -0.15) is 5.10 Å². The van der Waals surface area contributed by atoms with Crippen molar-refractivity contribution in [2.45, 2.75) is 24.6 Å². The minimum Gasteiger partial charge on any atom is -0.405 e. The third-order valence-corrected chi connectivity index (χ3v) is 5.35. The predicted molar refractivity (Wildman–Crippen MR) is 98.4 cm³/mol. The van der Waals surface area contributed by atoms with E-state index in [0.717, 1.165) is 41.3 Å². The summed E-state index contributed by atoms with van der Waals surface area (Å²) in [6, 6.07) is 7.46. The molecule has 0 bridgehead atoms. The van der Waals surface area contributed by atoms with Crippen molar-refractivity contribution >= 4 is 9.84 Å². The quantitative estimate of drug-likeness (QED) is 0.486. The third-order valence-electron chi connectivity index (χ3n) is 4.22. The van der Waals surface area contributed by atoms with Gasteiger partial charge in [-0.1, -0.05) is 12.1 Å². The van der Waals surface area contributed by atoms with Gasteiger partial charge in [0.15, 0.2) is 9.84 Å². The normalized spacial score (nSPS) is 12.4. The van der Waals surface area contributed by atoms with E-state index in [-0.39, 0.29) is 22.5 Å². The number of halogens is 6. The first-order chi connectivity index (χ1) is 14.3. The van der Waals surface area contributed by atoms with Gasteiger partial charge in [-0.25, -0.2) is 26.3 Å². The van der Waals surface area contributed by atoms with Crippen LogP contribution < -0.4 is 4.74 Å². The van der Waals surface area contributed by atoms with E-state index in [0.29, 0.717) is 0 Å². The summed E-state index contributed by atoms with van der Waals surface area (Å²) < 4.78 is 107. The third kappa shape index (κ3) is 5.01. The molecule has 0 amide bonds. The second kappa shape index (κ2) is 7.91. The molecular weight excluding hydrogens is 450 g/mol. The molecule has 3 aromatic rings. The van der Waals surface area contributed by atoms with Crippen LogP contribution in [0.5, 0.6) is 5.75 Å². The van der Waals surface area contributed by atoms with Crippen LogP contribution in [0.3, 0.4) is 0 Å². The minimum atomic E-state index is -4.97. The molecule has 0 fully saturated rings. The van der Waals surface area contributed by atoms with Crippen molar-refractivity contribution in [3.8, 4) is 22.7 Å². The SMILES string of the molecule is Cc1ccc(-c2cc(C(F)F)nn2-c2ccc(S(C)(=O)=O)c(F)c2)cc1OC(F)(F)F. The summed E-state index contributed by atoms with van der Waals surface area (Å²) >= 11 is 0. The molecule has 0 radical (unpaired) electrons. The zero-order valence-electron chi connectivity index (χ0n) is 15.9. The van der Waals surface area contributed by atoms with Gasteiger partial charge in [0, 0.05) is 17.9 Å². The summed E-state index contributed by atoms with van der Waals surface area (Å²) in [5, 5.41) is 3.70. The zero-order chi connectivity index (χ0) is 23.1. The molecule has 0 aliphatic rings. The monoisotopic (exact) mass is 464 g/mol. The van der Waals surface area contributed by atoms with E-state index in [2.05, 4.69) is 9.84 Å². The van der Waals surface area contributed by atoms with E-state index in [9.17, 15) is 34.8 Å². The summed E-state index contributed by atoms with van der Waals surface area (Å²) in [7, 11) is -3.88. The van der Waals surface area contributed by atoms with Crippen molar-refractivity contribution < 1.29 is 39.5 Å². The van der Waals surface area contributed by atoms with Gasteiger partial charge in [0.05, 0.1) is 11.4 Å². The largest absolute Gasteiger partial charge is 0.573 e. The van der Waals surface area contributed by atoms with Gasteiger partial charge in [0.1, 0.15) is 22.2 Å². The molecule has 0 aliphatic carbocycles. The van der Waals surface area contributed by atoms with E-state index >= 15 is 0 Å². The second-order valence-electron chi connectivity index (χ2n) is 6.58. The highest BCUT2D eigenvalue weighted by atomic mass is 32.2. The standard InChI is InChI=1S/C19H14F6N2O3S/c1-10-3-4-11(7-16(10)30-19(23,24)25)15-9-14(18(21)22)26-27(15)12-5-6-17(13(20)8-12)31(2,28)29/h3-9,18H,1-2H3. The van der Waals surface area contributed by atoms with Gasteiger partial charge >= 0.3 is 6.36 Å². The Kier molecular flexibility index (Phi) is 5.78. The van der Waals surface area contributed by atoms with Crippen LogP contribution in [0.15, 0.2) is 47.4 Å². The molecule has 166 valence electrons. The average Bonchev–Trinajstić information content (AvgIpc) is 3.07. The van der Waals surface area contributed by atoms with Crippen molar-refractivity contribution in [3.63, 3.8) is 0 Å². The lowest BCUT2D eigenvalue weighted by atomic mass is 10.1. The van der Waals surface area contributed by atoms with E-state index < -0.39 is 44.8 Å². The maximum Gasteiger partial charge on any atom is 0.573 e. The first-order valence-electron chi connectivity index (χ1n) is 8.51. The van der Waals surface area contributed by atoms with E-state index in [1.165, 1.54) is 19.1 Å². The smallest absolute Gasteiger partial charge is 0.405 e. The fraction of sp³-hybridized carbons (Fsp3) is 0.211. The first-order valence-corrected chi connectivity index (χ1v) is 10.4. The number of rotatable bonds is 5. The summed E-state index contributed by atoms with van der Waals surface area (Å²) in [5.74, 6) is -1.68. The highest BCUT2D eigenvalue weighted by Gasteiger charge is 2.32. The molecule has 1 heterocycles. The molecule has 1 aromatic heterocycles. The molecule has 0 N–H and O–H groups in total. The Hall–Kier alpha value is -3.02. The summed E-state index contributed by atoms with van der Waals surface area (Å²) in [5.41, 5.74) is -0.706. The fourth-order valence-corrected chi connectivity index (χ4v) is 3.55. The van der Waals surface area contributed by atoms with Crippen molar-refractivity contribution in [1.29, 1.82) is 0 Å². The van der Waals surface area contributed by atoms with Crippen molar-refractivity contribution in [2.24, 2.45) is 0 Å². The Morgan fingerprint density at radius 1 is 1.06 bits per heavy atom. The van der Waals surface area contributed by atoms with Crippen molar-refractivity contribution in [1.82, 2.24) is 9.78 Å². The zero-order valence-corrected chi connectivity index (χ0v) is 16.7. The summed E-state index contributed by atoms with van der Waals surface area (Å²) in [4.78, 5) is -0.602.